The van der Waals surface area contributed by atoms with Crippen LogP contribution in [0, 0.1) is 0 Å². The molecule has 192 valence electrons. The molecule has 2 aliphatic heterocycles. The number of aromatic amines is 1. The number of H-pyrrole nitrogens is 1. The number of pyridine rings is 1. The molecule has 0 saturated heterocycles. The fourth-order valence-corrected chi connectivity index (χ4v) is 3.99. The molecule has 2 aromatic heterocycles. The van der Waals surface area contributed by atoms with Gasteiger partial charge in [0.2, 0.25) is 0 Å². The molecule has 0 spiro atoms. The minimum atomic E-state index is -5.08. The number of aliphatic carboxylic acids is 1. The normalized spacial score (nSPS) is 14.3. The Bertz CT molecular complexity index is 1400. The summed E-state index contributed by atoms with van der Waals surface area (Å²) in [6, 6.07) is 13.5. The maximum absolute atomic E-state index is 12.4. The number of ether oxygens (including phenoxy) is 1. The summed E-state index contributed by atoms with van der Waals surface area (Å²) in [7, 11) is 1.38. The minimum Gasteiger partial charge on any atom is -0.475 e. The van der Waals surface area contributed by atoms with Crippen molar-refractivity contribution in [3.8, 4) is 11.3 Å². The van der Waals surface area contributed by atoms with Gasteiger partial charge in [0.15, 0.2) is 0 Å². The number of hydrogen-bond donors (Lipinski definition) is 3. The van der Waals surface area contributed by atoms with E-state index in [2.05, 4.69) is 15.3 Å². The van der Waals surface area contributed by atoms with Crippen molar-refractivity contribution in [2.45, 2.75) is 12.6 Å². The first-order valence-electron chi connectivity index (χ1n) is 11.0. The van der Waals surface area contributed by atoms with Gasteiger partial charge in [0.05, 0.1) is 30.6 Å². The van der Waals surface area contributed by atoms with Crippen LogP contribution >= 0.6 is 0 Å². The van der Waals surface area contributed by atoms with E-state index in [4.69, 9.17) is 14.6 Å². The third kappa shape index (κ3) is 5.47. The van der Waals surface area contributed by atoms with Gasteiger partial charge in [-0.2, -0.15) is 13.2 Å². The summed E-state index contributed by atoms with van der Waals surface area (Å²) >= 11 is 0. The van der Waals surface area contributed by atoms with Gasteiger partial charge in [0.25, 0.3) is 5.91 Å². The second-order valence-electron chi connectivity index (χ2n) is 8.10. The number of rotatable bonds is 2. The van der Waals surface area contributed by atoms with E-state index < -0.39 is 18.2 Å². The Balaban J connectivity index is 0.000000405. The molecule has 0 unspecified atom stereocenters. The van der Waals surface area contributed by atoms with Gasteiger partial charge in [-0.3, -0.25) is 14.7 Å². The van der Waals surface area contributed by atoms with E-state index in [0.717, 1.165) is 45.9 Å². The van der Waals surface area contributed by atoms with Crippen molar-refractivity contribution in [2.24, 2.45) is 0 Å². The highest BCUT2D eigenvalue weighted by Gasteiger charge is 2.38. The first-order chi connectivity index (χ1) is 17.6. The quantitative estimate of drug-likeness (QED) is 0.473. The summed E-state index contributed by atoms with van der Waals surface area (Å²) in [5.74, 6) is -2.80. The number of nitrogens with one attached hydrogen (secondary N) is 2. The van der Waals surface area contributed by atoms with Crippen LogP contribution in [0.25, 0.3) is 22.9 Å². The van der Waals surface area contributed by atoms with Gasteiger partial charge < -0.3 is 20.1 Å². The maximum atomic E-state index is 12.4. The average molecular weight is 514 g/mol. The maximum Gasteiger partial charge on any atom is 0.490 e. The highest BCUT2D eigenvalue weighted by Crippen LogP contribution is 2.33. The number of para-hydroxylation sites is 1. The van der Waals surface area contributed by atoms with E-state index in [0.29, 0.717) is 18.7 Å². The number of amides is 2. The van der Waals surface area contributed by atoms with E-state index in [1.165, 1.54) is 7.11 Å². The van der Waals surface area contributed by atoms with Crippen LogP contribution in [0.1, 0.15) is 27.3 Å². The Kier molecular flexibility index (Phi) is 7.00. The third-order valence-electron chi connectivity index (χ3n) is 5.73. The number of fused-ring (bicyclic) bond motifs is 2. The van der Waals surface area contributed by atoms with Crippen molar-refractivity contribution < 1.29 is 37.4 Å². The van der Waals surface area contributed by atoms with Gasteiger partial charge in [0.1, 0.15) is 0 Å². The summed E-state index contributed by atoms with van der Waals surface area (Å²) in [5, 5.41) is 9.99. The van der Waals surface area contributed by atoms with Crippen molar-refractivity contribution in [2.75, 3.05) is 25.1 Å². The van der Waals surface area contributed by atoms with Crippen molar-refractivity contribution in [1.82, 2.24) is 15.3 Å². The number of halogens is 3. The second kappa shape index (κ2) is 10.2. The van der Waals surface area contributed by atoms with E-state index >= 15 is 0 Å². The third-order valence-corrected chi connectivity index (χ3v) is 5.73. The molecule has 0 radical (unpaired) electrons. The fourth-order valence-electron chi connectivity index (χ4n) is 3.99. The average Bonchev–Trinajstić information content (AvgIpc) is 3.33. The molecular weight excluding hydrogens is 493 g/mol. The van der Waals surface area contributed by atoms with Gasteiger partial charge >= 0.3 is 18.2 Å². The molecule has 0 saturated carbocycles. The number of benzene rings is 1. The largest absolute Gasteiger partial charge is 0.490 e. The second-order valence-corrected chi connectivity index (χ2v) is 8.10. The summed E-state index contributed by atoms with van der Waals surface area (Å²) in [6.45, 7) is 1.01. The number of methoxy groups -OCH3 is 1. The fraction of sp³-hybridized carbons (Fsp3) is 0.200. The number of carbonyl (C=O) groups excluding carboxylic acids is 2. The Morgan fingerprint density at radius 2 is 1.89 bits per heavy atom. The zero-order valence-electron chi connectivity index (χ0n) is 19.4. The number of carbonyl (C=O) groups is 3. The molecule has 1 aromatic carbocycles. The van der Waals surface area contributed by atoms with Gasteiger partial charge in [0, 0.05) is 36.1 Å². The van der Waals surface area contributed by atoms with Crippen LogP contribution < -0.4 is 10.2 Å². The number of nitrogens with zero attached hydrogens (tertiary/aromatic N) is 2. The molecular formula is C25H21F3N4O5. The molecule has 12 heteroatoms. The molecule has 4 heterocycles. The predicted octanol–water partition coefficient (Wildman–Crippen LogP) is 4.12. The number of aromatic nitrogens is 2. The van der Waals surface area contributed by atoms with Crippen molar-refractivity contribution in [3.05, 3.63) is 71.2 Å². The molecule has 0 aliphatic carbocycles. The van der Waals surface area contributed by atoms with Crippen molar-refractivity contribution >= 4 is 35.3 Å². The molecule has 0 atom stereocenters. The van der Waals surface area contributed by atoms with Crippen LogP contribution in [0.3, 0.4) is 0 Å². The lowest BCUT2D eigenvalue weighted by Crippen LogP contribution is -2.34. The van der Waals surface area contributed by atoms with Gasteiger partial charge in [-0.05, 0) is 41.5 Å². The minimum absolute atomic E-state index is 0.0478. The smallest absolute Gasteiger partial charge is 0.475 e. The van der Waals surface area contributed by atoms with Crippen LogP contribution in [0.4, 0.5) is 23.7 Å². The lowest BCUT2D eigenvalue weighted by atomic mass is 9.99. The van der Waals surface area contributed by atoms with E-state index in [1.807, 2.05) is 48.5 Å². The highest BCUT2D eigenvalue weighted by atomic mass is 19.4. The molecule has 2 amide bonds. The highest BCUT2D eigenvalue weighted by molar-refractivity contribution is 6.01. The Morgan fingerprint density at radius 1 is 1.16 bits per heavy atom. The first kappa shape index (κ1) is 25.5. The van der Waals surface area contributed by atoms with Crippen LogP contribution in [0.5, 0.6) is 0 Å². The number of anilines is 1. The molecule has 3 N–H and O–H groups in total. The van der Waals surface area contributed by atoms with E-state index in [-0.39, 0.29) is 5.91 Å². The van der Waals surface area contributed by atoms with Gasteiger partial charge in [-0.15, -0.1) is 0 Å². The zero-order chi connectivity index (χ0) is 26.7. The summed E-state index contributed by atoms with van der Waals surface area (Å²) in [6.07, 6.45) is -0.912. The predicted molar refractivity (Wildman–Crippen MR) is 128 cm³/mol. The lowest BCUT2D eigenvalue weighted by Gasteiger charge is -2.28. The lowest BCUT2D eigenvalue weighted by molar-refractivity contribution is -0.192. The Labute approximate surface area is 208 Å². The molecule has 5 rings (SSSR count). The van der Waals surface area contributed by atoms with Gasteiger partial charge in [-0.25, -0.2) is 9.59 Å². The van der Waals surface area contributed by atoms with Crippen LogP contribution in [-0.2, 0) is 16.0 Å². The number of hydrogen-bond acceptors (Lipinski definition) is 5. The SMILES string of the molecule is COC(=O)N1CC(c2cc(-c3cc4c([nH]3)CCNC4=O)ccn2)=Cc2ccccc21.O=C(O)C(F)(F)F. The molecule has 0 bridgehead atoms. The standard InChI is InChI=1S/C23H20N4O3.C2HF3O2/c1-30-23(29)27-13-16(10-15-4-2-3-5-21(15)27)19-11-14(6-8-24-19)20-12-17-18(26-20)7-9-25-22(17)28;3-2(4,5)1(6)7/h2-6,8,10-12,26H,7,9,13H2,1H3,(H,25,28);(H,6,7). The molecule has 2 aliphatic rings. The summed E-state index contributed by atoms with van der Waals surface area (Å²) < 4.78 is 36.7. The molecule has 9 nitrogen and oxygen atoms in total. The summed E-state index contributed by atoms with van der Waals surface area (Å²) in [5.41, 5.74) is 6.89. The van der Waals surface area contributed by atoms with Crippen LogP contribution in [0.15, 0.2) is 48.7 Å². The number of carboxylic acid groups (broad SMARTS) is 1. The topological polar surface area (TPSA) is 125 Å². The number of alkyl halides is 3. The number of carboxylic acids is 1. The van der Waals surface area contributed by atoms with Gasteiger partial charge in [-0.1, -0.05) is 18.2 Å². The Hall–Kier alpha value is -4.61. The monoisotopic (exact) mass is 514 g/mol. The summed E-state index contributed by atoms with van der Waals surface area (Å²) in [4.78, 5) is 42.9. The van der Waals surface area contributed by atoms with Crippen molar-refractivity contribution in [1.29, 1.82) is 0 Å². The molecule has 37 heavy (non-hydrogen) atoms. The van der Waals surface area contributed by atoms with E-state index in [9.17, 15) is 22.8 Å². The van der Waals surface area contributed by atoms with Crippen LogP contribution in [-0.4, -0.2) is 59.4 Å². The Morgan fingerprint density at radius 3 is 2.57 bits per heavy atom. The van der Waals surface area contributed by atoms with Crippen molar-refractivity contribution in [3.63, 3.8) is 0 Å². The van der Waals surface area contributed by atoms with Crippen LogP contribution in [0.2, 0.25) is 0 Å². The molecule has 0 fully saturated rings. The molecule has 3 aromatic rings. The zero-order valence-corrected chi connectivity index (χ0v) is 19.4. The van der Waals surface area contributed by atoms with E-state index in [1.54, 1.807) is 11.1 Å². The first-order valence-corrected chi connectivity index (χ1v) is 11.0.